The lowest BCUT2D eigenvalue weighted by atomic mass is 10.3. The van der Waals surface area contributed by atoms with Crippen LogP contribution < -0.4 is 14.8 Å². The van der Waals surface area contributed by atoms with Crippen LogP contribution in [-0.4, -0.2) is 13.0 Å². The first kappa shape index (κ1) is 18.0. The van der Waals surface area contributed by atoms with Gasteiger partial charge in [0.05, 0.1) is 12.8 Å². The molecule has 3 rings (SSSR count). The summed E-state index contributed by atoms with van der Waals surface area (Å²) < 4.78 is 29.9. The molecule has 0 spiro atoms. The van der Waals surface area contributed by atoms with E-state index in [1.54, 1.807) is 31.4 Å². The van der Waals surface area contributed by atoms with Crippen molar-refractivity contribution in [2.75, 3.05) is 12.4 Å². The van der Waals surface area contributed by atoms with Crippen LogP contribution in [0.25, 0.3) is 0 Å². The highest BCUT2D eigenvalue weighted by Crippen LogP contribution is 2.27. The third-order valence-corrected chi connectivity index (χ3v) is 4.16. The molecule has 0 aliphatic carbocycles. The number of hydrogen-bond donors (Lipinski definition) is 1. The normalized spacial score (nSPS) is 10.4. The van der Waals surface area contributed by atoms with Crippen LogP contribution in [0, 0.1) is 5.82 Å². The van der Waals surface area contributed by atoms with Gasteiger partial charge in [0.1, 0.15) is 18.2 Å². The molecule has 134 valence electrons. The molecule has 0 aliphatic heterocycles. The van der Waals surface area contributed by atoms with E-state index in [0.29, 0.717) is 27.4 Å². The largest absolute Gasteiger partial charge is 0.493 e. The molecule has 0 fully saturated rings. The molecule has 1 N–H and O–H groups in total. The number of ether oxygens (including phenoxy) is 2. The van der Waals surface area contributed by atoms with Gasteiger partial charge in [0.25, 0.3) is 5.91 Å². The van der Waals surface area contributed by atoms with Crippen LogP contribution in [0.2, 0.25) is 0 Å². The molecule has 0 bridgehead atoms. The standard InChI is InChI=1S/C19H15BrFNO4/c1-24-16-4-2-3-5-17(16)25-11-13-7-9-18(26-13)19(23)22-15-8-6-12(21)10-14(15)20/h2-10H,11H2,1H3,(H,22,23). The summed E-state index contributed by atoms with van der Waals surface area (Å²) in [5.41, 5.74) is 0.444. The lowest BCUT2D eigenvalue weighted by Gasteiger charge is -2.09. The Morgan fingerprint density at radius 2 is 1.92 bits per heavy atom. The summed E-state index contributed by atoms with van der Waals surface area (Å²) in [5.74, 6) is 0.953. The van der Waals surface area contributed by atoms with Crippen LogP contribution in [-0.2, 0) is 6.61 Å². The maximum absolute atomic E-state index is 13.1. The van der Waals surface area contributed by atoms with Gasteiger partial charge in [-0.3, -0.25) is 4.79 Å². The third-order valence-electron chi connectivity index (χ3n) is 3.50. The number of amides is 1. The van der Waals surface area contributed by atoms with E-state index in [1.165, 1.54) is 18.2 Å². The van der Waals surface area contributed by atoms with Gasteiger partial charge in [-0.1, -0.05) is 12.1 Å². The van der Waals surface area contributed by atoms with Gasteiger partial charge in [0.15, 0.2) is 17.3 Å². The monoisotopic (exact) mass is 419 g/mol. The Labute approximate surface area is 157 Å². The van der Waals surface area contributed by atoms with Crippen molar-refractivity contribution < 1.29 is 23.1 Å². The number of methoxy groups -OCH3 is 1. The topological polar surface area (TPSA) is 60.7 Å². The molecule has 0 aliphatic rings. The van der Waals surface area contributed by atoms with Crippen LogP contribution >= 0.6 is 15.9 Å². The van der Waals surface area contributed by atoms with Crippen molar-refractivity contribution in [1.29, 1.82) is 0 Å². The van der Waals surface area contributed by atoms with Crippen LogP contribution in [0.1, 0.15) is 16.3 Å². The van der Waals surface area contributed by atoms with Crippen molar-refractivity contribution in [2.45, 2.75) is 6.61 Å². The van der Waals surface area contributed by atoms with E-state index in [0.717, 1.165) is 0 Å². The maximum atomic E-state index is 13.1. The van der Waals surface area contributed by atoms with Crippen molar-refractivity contribution in [3.63, 3.8) is 0 Å². The summed E-state index contributed by atoms with van der Waals surface area (Å²) in [5, 5.41) is 2.65. The number of anilines is 1. The van der Waals surface area contributed by atoms with Gasteiger partial charge >= 0.3 is 0 Å². The molecule has 5 nitrogen and oxygen atoms in total. The van der Waals surface area contributed by atoms with Gasteiger partial charge in [-0.15, -0.1) is 0 Å². The first-order valence-corrected chi connectivity index (χ1v) is 8.47. The second-order valence-electron chi connectivity index (χ2n) is 5.28. The average Bonchev–Trinajstić information content (AvgIpc) is 3.11. The number of para-hydroxylation sites is 2. The molecule has 26 heavy (non-hydrogen) atoms. The first-order valence-electron chi connectivity index (χ1n) is 7.68. The first-order chi connectivity index (χ1) is 12.6. The minimum absolute atomic E-state index is 0.125. The maximum Gasteiger partial charge on any atom is 0.291 e. The van der Waals surface area contributed by atoms with Crippen molar-refractivity contribution in [1.82, 2.24) is 0 Å². The second kappa shape index (κ2) is 8.05. The molecule has 0 saturated carbocycles. The van der Waals surface area contributed by atoms with E-state index in [1.807, 2.05) is 12.1 Å². The highest BCUT2D eigenvalue weighted by molar-refractivity contribution is 9.10. The zero-order chi connectivity index (χ0) is 18.5. The molecule has 0 radical (unpaired) electrons. The lowest BCUT2D eigenvalue weighted by Crippen LogP contribution is -2.11. The molecule has 7 heteroatoms. The van der Waals surface area contributed by atoms with Crippen LogP contribution in [0.3, 0.4) is 0 Å². The highest BCUT2D eigenvalue weighted by atomic mass is 79.9. The number of rotatable bonds is 6. The van der Waals surface area contributed by atoms with E-state index >= 15 is 0 Å². The molecule has 2 aromatic carbocycles. The van der Waals surface area contributed by atoms with Crippen LogP contribution in [0.5, 0.6) is 11.5 Å². The Balaban J connectivity index is 1.64. The van der Waals surface area contributed by atoms with Crippen LogP contribution in [0.15, 0.2) is 63.5 Å². The summed E-state index contributed by atoms with van der Waals surface area (Å²) >= 11 is 3.20. The lowest BCUT2D eigenvalue weighted by molar-refractivity contribution is 0.0992. The Kier molecular flexibility index (Phi) is 5.58. The van der Waals surface area contributed by atoms with Gasteiger partial charge < -0.3 is 19.2 Å². The fourth-order valence-electron chi connectivity index (χ4n) is 2.24. The zero-order valence-electron chi connectivity index (χ0n) is 13.8. The fourth-order valence-corrected chi connectivity index (χ4v) is 2.69. The molecular weight excluding hydrogens is 405 g/mol. The summed E-state index contributed by atoms with van der Waals surface area (Å²) in [6, 6.07) is 14.4. The predicted octanol–water partition coefficient (Wildman–Crippen LogP) is 5.02. The number of hydrogen-bond acceptors (Lipinski definition) is 4. The molecule has 3 aromatic rings. The number of furan rings is 1. The van der Waals surface area contributed by atoms with E-state index in [2.05, 4.69) is 21.2 Å². The van der Waals surface area contributed by atoms with Gasteiger partial charge in [0.2, 0.25) is 0 Å². The highest BCUT2D eigenvalue weighted by Gasteiger charge is 2.14. The number of carbonyl (C=O) groups is 1. The molecule has 0 saturated heterocycles. The van der Waals surface area contributed by atoms with Crippen LogP contribution in [0.4, 0.5) is 10.1 Å². The Bertz CT molecular complexity index is 925. The van der Waals surface area contributed by atoms with Gasteiger partial charge in [-0.05, 0) is 58.4 Å². The SMILES string of the molecule is COc1ccccc1OCc1ccc(C(=O)Nc2ccc(F)cc2Br)o1. The quantitative estimate of drug-likeness (QED) is 0.609. The third kappa shape index (κ3) is 4.23. The smallest absolute Gasteiger partial charge is 0.291 e. The summed E-state index contributed by atoms with van der Waals surface area (Å²) in [4.78, 5) is 12.3. The predicted molar refractivity (Wildman–Crippen MR) is 98.1 cm³/mol. The number of benzene rings is 2. The summed E-state index contributed by atoms with van der Waals surface area (Å²) in [6.45, 7) is 0.147. The molecule has 0 unspecified atom stereocenters. The van der Waals surface area contributed by atoms with Gasteiger partial charge in [-0.2, -0.15) is 0 Å². The minimum Gasteiger partial charge on any atom is -0.493 e. The van der Waals surface area contributed by atoms with Crippen molar-refractivity contribution in [2.24, 2.45) is 0 Å². The summed E-state index contributed by atoms with van der Waals surface area (Å²) in [6.07, 6.45) is 0. The van der Waals surface area contributed by atoms with E-state index in [-0.39, 0.29) is 12.4 Å². The summed E-state index contributed by atoms with van der Waals surface area (Å²) in [7, 11) is 1.56. The van der Waals surface area contributed by atoms with Crippen molar-refractivity contribution >= 4 is 27.5 Å². The van der Waals surface area contributed by atoms with Crippen molar-refractivity contribution in [3.05, 3.63) is 76.4 Å². The van der Waals surface area contributed by atoms with Crippen molar-refractivity contribution in [3.8, 4) is 11.5 Å². The fraction of sp³-hybridized carbons (Fsp3) is 0.105. The Morgan fingerprint density at radius 3 is 2.65 bits per heavy atom. The molecule has 1 heterocycles. The Morgan fingerprint density at radius 1 is 1.15 bits per heavy atom. The molecule has 0 atom stereocenters. The number of nitrogens with one attached hydrogen (secondary N) is 1. The molecular formula is C19H15BrFNO4. The van der Waals surface area contributed by atoms with E-state index < -0.39 is 11.7 Å². The Hall–Kier alpha value is -2.80. The van der Waals surface area contributed by atoms with Gasteiger partial charge in [0, 0.05) is 4.47 Å². The van der Waals surface area contributed by atoms with E-state index in [9.17, 15) is 9.18 Å². The van der Waals surface area contributed by atoms with E-state index in [4.69, 9.17) is 13.9 Å². The van der Waals surface area contributed by atoms with Gasteiger partial charge in [-0.25, -0.2) is 4.39 Å². The molecule has 1 amide bonds. The minimum atomic E-state index is -0.444. The second-order valence-corrected chi connectivity index (χ2v) is 6.14. The number of carbonyl (C=O) groups excluding carboxylic acids is 1. The molecule has 1 aromatic heterocycles. The average molecular weight is 420 g/mol. The number of halogens is 2. The zero-order valence-corrected chi connectivity index (χ0v) is 15.4.